The number of carbonyl (C=O) groups is 1. The van der Waals surface area contributed by atoms with Crippen molar-refractivity contribution in [3.63, 3.8) is 0 Å². The number of rotatable bonds is 2. The summed E-state index contributed by atoms with van der Waals surface area (Å²) in [6, 6.07) is 17.4. The van der Waals surface area contributed by atoms with Crippen molar-refractivity contribution in [3.8, 4) is 6.07 Å². The lowest BCUT2D eigenvalue weighted by Gasteiger charge is -2.17. The number of likely N-dealkylation sites (tertiary alicyclic amines) is 1. The van der Waals surface area contributed by atoms with Crippen LogP contribution in [0.3, 0.4) is 0 Å². The summed E-state index contributed by atoms with van der Waals surface area (Å²) in [5, 5.41) is 8.96. The highest BCUT2D eigenvalue weighted by atomic mass is 16.2. The molecule has 0 bridgehead atoms. The summed E-state index contributed by atoms with van der Waals surface area (Å²) in [6.07, 6.45) is 0.995. The maximum absolute atomic E-state index is 12.6. The van der Waals surface area contributed by atoms with E-state index in [0.29, 0.717) is 17.0 Å². The van der Waals surface area contributed by atoms with E-state index in [2.05, 4.69) is 31.2 Å². The van der Waals surface area contributed by atoms with Crippen LogP contribution < -0.4 is 0 Å². The van der Waals surface area contributed by atoms with Crippen LogP contribution in [0.25, 0.3) is 0 Å². The molecule has 0 radical (unpaired) electrons. The first-order valence-corrected chi connectivity index (χ1v) is 7.54. The minimum atomic E-state index is 0.0215. The second kappa shape index (κ2) is 6.03. The van der Waals surface area contributed by atoms with Gasteiger partial charge in [-0.2, -0.15) is 5.26 Å². The predicted molar refractivity (Wildman–Crippen MR) is 85.6 cm³/mol. The predicted octanol–water partition coefficient (Wildman–Crippen LogP) is 3.50. The van der Waals surface area contributed by atoms with Crippen molar-refractivity contribution in [1.29, 1.82) is 5.26 Å². The van der Waals surface area contributed by atoms with Gasteiger partial charge in [0.15, 0.2) is 0 Å². The van der Waals surface area contributed by atoms with Gasteiger partial charge in [0.25, 0.3) is 5.91 Å². The molecule has 1 aliphatic heterocycles. The van der Waals surface area contributed by atoms with Crippen molar-refractivity contribution in [2.75, 3.05) is 13.1 Å². The van der Waals surface area contributed by atoms with E-state index in [1.807, 2.05) is 11.0 Å². The highest BCUT2D eigenvalue weighted by Gasteiger charge is 2.28. The highest BCUT2D eigenvalue weighted by Crippen LogP contribution is 2.30. The molecule has 1 aliphatic rings. The van der Waals surface area contributed by atoms with E-state index in [4.69, 9.17) is 5.26 Å². The largest absolute Gasteiger partial charge is 0.338 e. The smallest absolute Gasteiger partial charge is 0.253 e. The summed E-state index contributed by atoms with van der Waals surface area (Å²) in [5.41, 5.74) is 3.75. The van der Waals surface area contributed by atoms with Gasteiger partial charge in [-0.15, -0.1) is 0 Å². The van der Waals surface area contributed by atoms with Crippen LogP contribution in [0.4, 0.5) is 0 Å². The Morgan fingerprint density at radius 3 is 2.82 bits per heavy atom. The topological polar surface area (TPSA) is 44.1 Å². The summed E-state index contributed by atoms with van der Waals surface area (Å²) in [5.74, 6) is 0.428. The van der Waals surface area contributed by atoms with Crippen LogP contribution in [-0.2, 0) is 0 Å². The number of nitriles is 1. The van der Waals surface area contributed by atoms with Crippen LogP contribution in [0, 0.1) is 18.3 Å². The summed E-state index contributed by atoms with van der Waals surface area (Å²) >= 11 is 0. The molecule has 0 unspecified atom stereocenters. The van der Waals surface area contributed by atoms with Gasteiger partial charge in [-0.05, 0) is 42.7 Å². The van der Waals surface area contributed by atoms with Crippen molar-refractivity contribution in [2.45, 2.75) is 19.3 Å². The van der Waals surface area contributed by atoms with Crippen LogP contribution in [-0.4, -0.2) is 23.9 Å². The Labute approximate surface area is 130 Å². The summed E-state index contributed by atoms with van der Waals surface area (Å²) in [4.78, 5) is 14.5. The van der Waals surface area contributed by atoms with E-state index in [0.717, 1.165) is 19.5 Å². The van der Waals surface area contributed by atoms with Gasteiger partial charge in [0.1, 0.15) is 0 Å². The molecule has 0 aromatic heterocycles. The van der Waals surface area contributed by atoms with E-state index < -0.39 is 0 Å². The first-order chi connectivity index (χ1) is 10.7. The molecule has 1 atom stereocenters. The fourth-order valence-corrected chi connectivity index (χ4v) is 3.15. The molecule has 1 heterocycles. The third kappa shape index (κ3) is 2.73. The number of benzene rings is 2. The van der Waals surface area contributed by atoms with Crippen molar-refractivity contribution in [1.82, 2.24) is 4.90 Å². The number of amides is 1. The molecule has 0 saturated carbocycles. The fourth-order valence-electron chi connectivity index (χ4n) is 3.15. The molecule has 2 aromatic carbocycles. The minimum absolute atomic E-state index is 0.0215. The summed E-state index contributed by atoms with van der Waals surface area (Å²) in [6.45, 7) is 3.64. The monoisotopic (exact) mass is 290 g/mol. The molecule has 0 aliphatic carbocycles. The number of nitrogens with zero attached hydrogens (tertiary/aromatic N) is 2. The zero-order valence-corrected chi connectivity index (χ0v) is 12.6. The van der Waals surface area contributed by atoms with Gasteiger partial charge in [-0.1, -0.05) is 30.3 Å². The Balaban J connectivity index is 1.76. The molecule has 22 heavy (non-hydrogen) atoms. The quantitative estimate of drug-likeness (QED) is 0.849. The zero-order valence-electron chi connectivity index (χ0n) is 12.6. The average molecular weight is 290 g/mol. The Kier molecular flexibility index (Phi) is 3.93. The maximum atomic E-state index is 12.6. The standard InChI is InChI=1S/C19H18N2O/c1-14-5-2-3-8-18(14)17-9-10-21(13-17)19(22)16-7-4-6-15(11-16)12-20/h2-8,11,17H,9-10,13H2,1H3/t17-/m0/s1. The lowest BCUT2D eigenvalue weighted by Crippen LogP contribution is -2.28. The van der Waals surface area contributed by atoms with Crippen molar-refractivity contribution >= 4 is 5.91 Å². The van der Waals surface area contributed by atoms with Gasteiger partial charge in [0.2, 0.25) is 0 Å². The van der Waals surface area contributed by atoms with Gasteiger partial charge in [-0.25, -0.2) is 0 Å². The van der Waals surface area contributed by atoms with E-state index in [-0.39, 0.29) is 5.91 Å². The summed E-state index contributed by atoms with van der Waals surface area (Å²) < 4.78 is 0. The van der Waals surface area contributed by atoms with Crippen molar-refractivity contribution in [3.05, 3.63) is 70.8 Å². The molecule has 3 heteroatoms. The molecule has 1 amide bonds. The second-order valence-electron chi connectivity index (χ2n) is 5.79. The van der Waals surface area contributed by atoms with Gasteiger partial charge in [0.05, 0.1) is 11.6 Å². The SMILES string of the molecule is Cc1ccccc1[C@H]1CCN(C(=O)c2cccc(C#N)c2)C1. The molecule has 3 rings (SSSR count). The normalized spacial score (nSPS) is 17.3. The molecular weight excluding hydrogens is 272 g/mol. The Morgan fingerprint density at radius 1 is 1.23 bits per heavy atom. The van der Waals surface area contributed by atoms with Gasteiger partial charge >= 0.3 is 0 Å². The molecular formula is C19H18N2O. The molecule has 110 valence electrons. The molecule has 1 saturated heterocycles. The number of aryl methyl sites for hydroxylation is 1. The van der Waals surface area contributed by atoms with E-state index in [9.17, 15) is 4.79 Å². The second-order valence-corrected chi connectivity index (χ2v) is 5.79. The van der Waals surface area contributed by atoms with Crippen molar-refractivity contribution < 1.29 is 4.79 Å². The molecule has 1 fully saturated rings. The van der Waals surface area contributed by atoms with Crippen LogP contribution in [0.2, 0.25) is 0 Å². The van der Waals surface area contributed by atoms with Crippen LogP contribution in [0.15, 0.2) is 48.5 Å². The molecule has 0 N–H and O–H groups in total. The Morgan fingerprint density at radius 2 is 2.05 bits per heavy atom. The maximum Gasteiger partial charge on any atom is 0.253 e. The third-order valence-corrected chi connectivity index (χ3v) is 4.34. The Hall–Kier alpha value is -2.60. The number of carbonyl (C=O) groups excluding carboxylic acids is 1. The first kappa shape index (κ1) is 14.3. The van der Waals surface area contributed by atoms with Crippen molar-refractivity contribution in [2.24, 2.45) is 0 Å². The van der Waals surface area contributed by atoms with Crippen LogP contribution >= 0.6 is 0 Å². The van der Waals surface area contributed by atoms with E-state index in [1.165, 1.54) is 11.1 Å². The lowest BCUT2D eigenvalue weighted by atomic mass is 9.94. The lowest BCUT2D eigenvalue weighted by molar-refractivity contribution is 0.0790. The van der Waals surface area contributed by atoms with Crippen LogP contribution in [0.1, 0.15) is 39.4 Å². The fraction of sp³-hybridized carbons (Fsp3) is 0.263. The molecule has 0 spiro atoms. The highest BCUT2D eigenvalue weighted by molar-refractivity contribution is 5.94. The minimum Gasteiger partial charge on any atom is -0.338 e. The van der Waals surface area contributed by atoms with E-state index >= 15 is 0 Å². The van der Waals surface area contributed by atoms with Gasteiger partial charge in [-0.3, -0.25) is 4.79 Å². The van der Waals surface area contributed by atoms with Gasteiger partial charge < -0.3 is 4.90 Å². The number of hydrogen-bond donors (Lipinski definition) is 0. The third-order valence-electron chi connectivity index (χ3n) is 4.34. The van der Waals surface area contributed by atoms with Crippen LogP contribution in [0.5, 0.6) is 0 Å². The molecule has 3 nitrogen and oxygen atoms in total. The summed E-state index contributed by atoms with van der Waals surface area (Å²) in [7, 11) is 0. The average Bonchev–Trinajstić information content (AvgIpc) is 3.04. The number of hydrogen-bond acceptors (Lipinski definition) is 2. The van der Waals surface area contributed by atoms with Gasteiger partial charge in [0, 0.05) is 24.6 Å². The first-order valence-electron chi connectivity index (χ1n) is 7.54. The van der Waals surface area contributed by atoms with E-state index in [1.54, 1.807) is 24.3 Å². The Bertz CT molecular complexity index is 745. The molecule has 2 aromatic rings. The zero-order chi connectivity index (χ0) is 15.5.